The number of pyridine rings is 1. The molecule has 6 nitrogen and oxygen atoms in total. The minimum absolute atomic E-state index is 0.185. The van der Waals surface area contributed by atoms with Gasteiger partial charge in [-0.15, -0.1) is 0 Å². The van der Waals surface area contributed by atoms with Gasteiger partial charge < -0.3 is 10.6 Å². The summed E-state index contributed by atoms with van der Waals surface area (Å²) in [5.41, 5.74) is 1.02. The first-order valence-corrected chi connectivity index (χ1v) is 8.59. The summed E-state index contributed by atoms with van der Waals surface area (Å²) < 4.78 is 22.0. The van der Waals surface area contributed by atoms with Crippen LogP contribution in [0.1, 0.15) is 12.1 Å². The summed E-state index contributed by atoms with van der Waals surface area (Å²) in [6.45, 7) is 1.30. The van der Waals surface area contributed by atoms with Crippen molar-refractivity contribution in [1.29, 1.82) is 0 Å². The lowest BCUT2D eigenvalue weighted by Gasteiger charge is -2.11. The van der Waals surface area contributed by atoms with E-state index in [4.69, 9.17) is 0 Å². The van der Waals surface area contributed by atoms with Gasteiger partial charge in [0.1, 0.15) is 9.84 Å². The number of sulfone groups is 1. The van der Waals surface area contributed by atoms with Crippen molar-refractivity contribution < 1.29 is 8.42 Å². The molecule has 112 valence electrons. The fraction of sp³-hybridized carbons (Fsp3) is 0.538. The van der Waals surface area contributed by atoms with E-state index in [9.17, 15) is 8.42 Å². The summed E-state index contributed by atoms with van der Waals surface area (Å²) in [5, 5.41) is 6.25. The molecule has 0 aliphatic carbocycles. The van der Waals surface area contributed by atoms with Gasteiger partial charge in [0.2, 0.25) is 0 Å². The van der Waals surface area contributed by atoms with Crippen LogP contribution < -0.4 is 10.6 Å². The Bertz CT molecular complexity index is 514. The smallest absolute Gasteiger partial charge is 0.190 e. The van der Waals surface area contributed by atoms with E-state index in [1.165, 1.54) is 6.26 Å². The van der Waals surface area contributed by atoms with Crippen molar-refractivity contribution in [3.63, 3.8) is 0 Å². The molecule has 0 radical (unpaired) electrons. The number of aliphatic imine (C=N–C) groups is 1. The molecule has 1 heterocycles. The molecule has 0 spiro atoms. The predicted octanol–water partition coefficient (Wildman–Crippen LogP) is 0.224. The van der Waals surface area contributed by atoms with Crippen molar-refractivity contribution in [2.45, 2.75) is 12.8 Å². The molecular weight excluding hydrogens is 276 g/mol. The zero-order chi connectivity index (χ0) is 14.8. The van der Waals surface area contributed by atoms with Crippen LogP contribution in [0.25, 0.3) is 0 Å². The van der Waals surface area contributed by atoms with Crippen molar-refractivity contribution in [2.75, 3.05) is 32.1 Å². The molecule has 0 saturated carbocycles. The van der Waals surface area contributed by atoms with Crippen LogP contribution in [0.4, 0.5) is 0 Å². The Morgan fingerprint density at radius 3 is 2.65 bits per heavy atom. The van der Waals surface area contributed by atoms with E-state index in [1.807, 2.05) is 18.2 Å². The molecule has 0 unspecified atom stereocenters. The average Bonchev–Trinajstić information content (AvgIpc) is 2.41. The van der Waals surface area contributed by atoms with Gasteiger partial charge in [-0.2, -0.15) is 0 Å². The van der Waals surface area contributed by atoms with E-state index in [-0.39, 0.29) is 5.75 Å². The minimum Gasteiger partial charge on any atom is -0.356 e. The predicted molar refractivity (Wildman–Crippen MR) is 81.6 cm³/mol. The third-order valence-corrected chi connectivity index (χ3v) is 3.64. The van der Waals surface area contributed by atoms with Crippen LogP contribution in [0.3, 0.4) is 0 Å². The van der Waals surface area contributed by atoms with Crippen molar-refractivity contribution in [3.8, 4) is 0 Å². The standard InChI is InChI=1S/C13H22N4O2S/c1-14-13(16-9-5-11-20(2,18)19)17-10-7-12-6-3-4-8-15-12/h3-4,6,8H,5,7,9-11H2,1-2H3,(H2,14,16,17). The molecule has 1 aromatic rings. The van der Waals surface area contributed by atoms with Gasteiger partial charge in [0, 0.05) is 44.7 Å². The normalized spacial score (nSPS) is 12.2. The molecule has 0 aromatic carbocycles. The summed E-state index contributed by atoms with van der Waals surface area (Å²) in [5.74, 6) is 0.861. The molecule has 20 heavy (non-hydrogen) atoms. The quantitative estimate of drug-likeness (QED) is 0.427. The number of hydrogen-bond donors (Lipinski definition) is 2. The average molecular weight is 298 g/mol. The molecule has 0 saturated heterocycles. The lowest BCUT2D eigenvalue weighted by atomic mass is 10.3. The van der Waals surface area contributed by atoms with Crippen LogP contribution in [-0.4, -0.2) is 51.5 Å². The topological polar surface area (TPSA) is 83.5 Å². The maximum Gasteiger partial charge on any atom is 0.190 e. The van der Waals surface area contributed by atoms with Crippen molar-refractivity contribution >= 4 is 15.8 Å². The van der Waals surface area contributed by atoms with Gasteiger partial charge in [0.15, 0.2) is 5.96 Å². The van der Waals surface area contributed by atoms with Gasteiger partial charge in [-0.25, -0.2) is 8.42 Å². The van der Waals surface area contributed by atoms with Crippen molar-refractivity contribution in [1.82, 2.24) is 15.6 Å². The molecule has 2 N–H and O–H groups in total. The Morgan fingerprint density at radius 1 is 1.30 bits per heavy atom. The number of hydrogen-bond acceptors (Lipinski definition) is 4. The third kappa shape index (κ3) is 7.73. The number of guanidine groups is 1. The van der Waals surface area contributed by atoms with Gasteiger partial charge in [-0.1, -0.05) is 6.07 Å². The molecule has 0 amide bonds. The van der Waals surface area contributed by atoms with Gasteiger partial charge in [0.05, 0.1) is 5.75 Å². The third-order valence-electron chi connectivity index (χ3n) is 2.61. The highest BCUT2D eigenvalue weighted by Gasteiger charge is 2.02. The van der Waals surface area contributed by atoms with E-state index in [2.05, 4.69) is 20.6 Å². The molecule has 1 aromatic heterocycles. The first-order chi connectivity index (χ1) is 9.51. The fourth-order valence-electron chi connectivity index (χ4n) is 1.62. The summed E-state index contributed by atoms with van der Waals surface area (Å²) >= 11 is 0. The molecule has 0 aliphatic rings. The second-order valence-corrected chi connectivity index (χ2v) is 6.74. The molecule has 0 aliphatic heterocycles. The van der Waals surface area contributed by atoms with Gasteiger partial charge in [-0.3, -0.25) is 9.98 Å². The van der Waals surface area contributed by atoms with Crippen LogP contribution in [0.5, 0.6) is 0 Å². The number of nitrogens with zero attached hydrogens (tertiary/aromatic N) is 2. The van der Waals surface area contributed by atoms with Crippen LogP contribution in [0, 0.1) is 0 Å². The van der Waals surface area contributed by atoms with Gasteiger partial charge in [0.25, 0.3) is 0 Å². The zero-order valence-electron chi connectivity index (χ0n) is 12.0. The van der Waals surface area contributed by atoms with E-state index in [0.29, 0.717) is 18.9 Å². The SMILES string of the molecule is CN=C(NCCCS(C)(=O)=O)NCCc1ccccn1. The highest BCUT2D eigenvalue weighted by atomic mass is 32.2. The first kappa shape index (κ1) is 16.4. The minimum atomic E-state index is -2.89. The molecule has 0 atom stereocenters. The van der Waals surface area contributed by atoms with E-state index < -0.39 is 9.84 Å². The van der Waals surface area contributed by atoms with Crippen LogP contribution in [-0.2, 0) is 16.3 Å². The Hall–Kier alpha value is -1.63. The highest BCUT2D eigenvalue weighted by Crippen LogP contribution is 1.93. The van der Waals surface area contributed by atoms with Crippen LogP contribution in [0.2, 0.25) is 0 Å². The lowest BCUT2D eigenvalue weighted by Crippen LogP contribution is -2.39. The van der Waals surface area contributed by atoms with E-state index >= 15 is 0 Å². The maximum atomic E-state index is 11.0. The van der Waals surface area contributed by atoms with Crippen LogP contribution in [0.15, 0.2) is 29.4 Å². The zero-order valence-corrected chi connectivity index (χ0v) is 12.8. The second kappa shape index (κ2) is 8.52. The number of rotatable bonds is 7. The highest BCUT2D eigenvalue weighted by molar-refractivity contribution is 7.90. The fourth-order valence-corrected chi connectivity index (χ4v) is 2.29. The van der Waals surface area contributed by atoms with E-state index in [1.54, 1.807) is 13.2 Å². The summed E-state index contributed by atoms with van der Waals surface area (Å²) in [7, 11) is -1.20. The van der Waals surface area contributed by atoms with Crippen molar-refractivity contribution in [2.24, 2.45) is 4.99 Å². The second-order valence-electron chi connectivity index (χ2n) is 4.48. The monoisotopic (exact) mass is 298 g/mol. The maximum absolute atomic E-state index is 11.0. The molecular formula is C13H22N4O2S. The molecule has 1 rings (SSSR count). The van der Waals surface area contributed by atoms with Gasteiger partial charge in [-0.05, 0) is 18.6 Å². The number of nitrogens with one attached hydrogen (secondary N) is 2. The van der Waals surface area contributed by atoms with E-state index in [0.717, 1.165) is 18.7 Å². The molecule has 0 fully saturated rings. The largest absolute Gasteiger partial charge is 0.356 e. The first-order valence-electron chi connectivity index (χ1n) is 6.53. The van der Waals surface area contributed by atoms with Crippen LogP contribution >= 0.6 is 0 Å². The number of aromatic nitrogens is 1. The summed E-state index contributed by atoms with van der Waals surface area (Å²) in [4.78, 5) is 8.31. The lowest BCUT2D eigenvalue weighted by molar-refractivity contribution is 0.598. The van der Waals surface area contributed by atoms with Gasteiger partial charge >= 0.3 is 0 Å². The molecule has 7 heteroatoms. The Labute approximate surface area is 120 Å². The summed E-state index contributed by atoms with van der Waals surface area (Å²) in [6.07, 6.45) is 4.39. The molecule has 0 bridgehead atoms. The Kier molecular flexibility index (Phi) is 7.00. The summed E-state index contributed by atoms with van der Waals surface area (Å²) in [6, 6.07) is 5.82. The Balaban J connectivity index is 2.20. The Morgan fingerprint density at radius 2 is 2.05 bits per heavy atom. The van der Waals surface area contributed by atoms with Crippen molar-refractivity contribution in [3.05, 3.63) is 30.1 Å².